The van der Waals surface area contributed by atoms with Gasteiger partial charge in [-0.1, -0.05) is 23.7 Å². The Morgan fingerprint density at radius 2 is 1.83 bits per heavy atom. The average Bonchev–Trinajstić information content (AvgIpc) is 2.54. The van der Waals surface area contributed by atoms with Crippen LogP contribution in [-0.2, 0) is 17.5 Å². The van der Waals surface area contributed by atoms with Gasteiger partial charge in [-0.2, -0.15) is 13.2 Å². The molecule has 128 valence electrons. The highest BCUT2D eigenvalue weighted by Gasteiger charge is 2.31. The average molecular weight is 360 g/mol. The van der Waals surface area contributed by atoms with Crippen LogP contribution in [0, 0.1) is 0 Å². The summed E-state index contributed by atoms with van der Waals surface area (Å²) in [5, 5.41) is 2.17. The van der Waals surface area contributed by atoms with E-state index in [-0.39, 0.29) is 17.3 Å². The first kappa shape index (κ1) is 17.9. The number of hydrogen-bond acceptors (Lipinski definition) is 3. The lowest BCUT2D eigenvalue weighted by Gasteiger charge is -2.12. The summed E-state index contributed by atoms with van der Waals surface area (Å²) < 4.78 is 48.0. The van der Waals surface area contributed by atoms with Gasteiger partial charge in [-0.25, -0.2) is 4.79 Å². The van der Waals surface area contributed by atoms with Crippen molar-refractivity contribution < 1.29 is 27.4 Å². The molecule has 0 aliphatic carbocycles. The zero-order chi connectivity index (χ0) is 17.7. The Hall–Kier alpha value is -2.41. The molecule has 1 amide bonds. The zero-order valence-corrected chi connectivity index (χ0v) is 13.2. The van der Waals surface area contributed by atoms with E-state index < -0.39 is 17.8 Å². The van der Waals surface area contributed by atoms with Gasteiger partial charge in [0.15, 0.2) is 0 Å². The molecule has 0 heterocycles. The minimum atomic E-state index is -4.53. The number of rotatable bonds is 4. The lowest BCUT2D eigenvalue weighted by atomic mass is 10.2. The van der Waals surface area contributed by atoms with E-state index in [0.717, 1.165) is 18.2 Å². The summed E-state index contributed by atoms with van der Waals surface area (Å²) in [7, 11) is 1.53. The van der Waals surface area contributed by atoms with Gasteiger partial charge in [-0.05, 0) is 35.9 Å². The molecule has 2 aromatic carbocycles. The van der Waals surface area contributed by atoms with E-state index in [1.165, 1.54) is 7.11 Å². The fourth-order valence-electron chi connectivity index (χ4n) is 1.81. The summed E-state index contributed by atoms with van der Waals surface area (Å²) in [6.07, 6.45) is -5.44. The second kappa shape index (κ2) is 7.44. The van der Waals surface area contributed by atoms with Crippen LogP contribution in [0.1, 0.15) is 11.1 Å². The summed E-state index contributed by atoms with van der Waals surface area (Å²) in [6, 6.07) is 9.42. The Balaban J connectivity index is 1.99. The molecule has 0 unspecified atom stereocenters. The topological polar surface area (TPSA) is 47.6 Å². The van der Waals surface area contributed by atoms with E-state index in [0.29, 0.717) is 11.3 Å². The van der Waals surface area contributed by atoms with Crippen molar-refractivity contribution in [2.75, 3.05) is 12.4 Å². The third-order valence-electron chi connectivity index (χ3n) is 3.06. The summed E-state index contributed by atoms with van der Waals surface area (Å²) in [5.41, 5.74) is -0.398. The highest BCUT2D eigenvalue weighted by molar-refractivity contribution is 6.33. The van der Waals surface area contributed by atoms with Gasteiger partial charge in [-0.3, -0.25) is 5.32 Å². The number of halogens is 4. The third kappa shape index (κ3) is 4.79. The monoisotopic (exact) mass is 359 g/mol. The molecule has 4 nitrogen and oxygen atoms in total. The first-order chi connectivity index (χ1) is 11.3. The fraction of sp³-hybridized carbons (Fsp3) is 0.188. The van der Waals surface area contributed by atoms with Gasteiger partial charge in [0.1, 0.15) is 12.4 Å². The number of hydrogen-bond donors (Lipinski definition) is 1. The molecule has 0 aliphatic heterocycles. The summed E-state index contributed by atoms with van der Waals surface area (Å²) in [4.78, 5) is 11.7. The van der Waals surface area contributed by atoms with Gasteiger partial charge < -0.3 is 9.47 Å². The van der Waals surface area contributed by atoms with Gasteiger partial charge in [0, 0.05) is 0 Å². The molecule has 0 aliphatic rings. The van der Waals surface area contributed by atoms with Crippen molar-refractivity contribution in [2.24, 2.45) is 0 Å². The molecule has 2 rings (SSSR count). The summed E-state index contributed by atoms with van der Waals surface area (Å²) in [6.45, 7) is -0.0492. The molecule has 0 atom stereocenters. The van der Waals surface area contributed by atoms with Gasteiger partial charge in [0.05, 0.1) is 23.4 Å². The van der Waals surface area contributed by atoms with Crippen LogP contribution in [0.3, 0.4) is 0 Å². The SMILES string of the molecule is COc1ccc(COC(=O)Nc2cc(C(F)(F)F)ccc2Cl)cc1. The summed E-state index contributed by atoms with van der Waals surface area (Å²) in [5.74, 6) is 0.652. The van der Waals surface area contributed by atoms with Crippen molar-refractivity contribution in [3.8, 4) is 5.75 Å². The number of alkyl halides is 3. The van der Waals surface area contributed by atoms with E-state index in [2.05, 4.69) is 5.32 Å². The van der Waals surface area contributed by atoms with Crippen LogP contribution >= 0.6 is 11.6 Å². The predicted molar refractivity (Wildman–Crippen MR) is 83.3 cm³/mol. The molecule has 0 saturated carbocycles. The smallest absolute Gasteiger partial charge is 0.416 e. The number of methoxy groups -OCH3 is 1. The van der Waals surface area contributed by atoms with E-state index in [9.17, 15) is 18.0 Å². The number of carbonyl (C=O) groups excluding carboxylic acids is 1. The molecule has 8 heteroatoms. The van der Waals surface area contributed by atoms with Crippen LogP contribution in [-0.4, -0.2) is 13.2 Å². The fourth-order valence-corrected chi connectivity index (χ4v) is 1.98. The maximum absolute atomic E-state index is 12.7. The maximum Gasteiger partial charge on any atom is 0.416 e. The Morgan fingerprint density at radius 3 is 2.42 bits per heavy atom. The van der Waals surface area contributed by atoms with Gasteiger partial charge in [-0.15, -0.1) is 0 Å². The lowest BCUT2D eigenvalue weighted by molar-refractivity contribution is -0.137. The Bertz CT molecular complexity index is 717. The molecule has 0 fully saturated rings. The number of nitrogens with one attached hydrogen (secondary N) is 1. The number of benzene rings is 2. The Kier molecular flexibility index (Phi) is 5.56. The van der Waals surface area contributed by atoms with Crippen LogP contribution in [0.5, 0.6) is 5.75 Å². The van der Waals surface area contributed by atoms with E-state index >= 15 is 0 Å². The molecular formula is C16H13ClF3NO3. The van der Waals surface area contributed by atoms with Crippen LogP contribution in [0.4, 0.5) is 23.7 Å². The normalized spacial score (nSPS) is 11.0. The standard InChI is InChI=1S/C16H13ClF3NO3/c1-23-12-5-2-10(3-6-12)9-24-15(22)21-14-8-11(16(18,19)20)4-7-13(14)17/h2-8H,9H2,1H3,(H,21,22). The van der Waals surface area contributed by atoms with Crippen molar-refractivity contribution in [2.45, 2.75) is 12.8 Å². The van der Waals surface area contributed by atoms with Crippen molar-refractivity contribution in [1.29, 1.82) is 0 Å². The largest absolute Gasteiger partial charge is 0.497 e. The number of anilines is 1. The van der Waals surface area contributed by atoms with E-state index in [1.54, 1.807) is 24.3 Å². The van der Waals surface area contributed by atoms with Crippen molar-refractivity contribution in [1.82, 2.24) is 0 Å². The van der Waals surface area contributed by atoms with Gasteiger partial charge in [0.2, 0.25) is 0 Å². The molecule has 1 N–H and O–H groups in total. The first-order valence-corrected chi connectivity index (χ1v) is 7.11. The minimum absolute atomic E-state index is 0.0237. The van der Waals surface area contributed by atoms with E-state index in [1.807, 2.05) is 0 Å². The second-order valence-electron chi connectivity index (χ2n) is 4.74. The quantitative estimate of drug-likeness (QED) is 0.824. The molecule has 2 aromatic rings. The molecular weight excluding hydrogens is 347 g/mol. The van der Waals surface area contributed by atoms with Crippen molar-refractivity contribution in [3.63, 3.8) is 0 Å². The Labute approximate surface area is 141 Å². The van der Waals surface area contributed by atoms with Crippen LogP contribution in [0.15, 0.2) is 42.5 Å². The van der Waals surface area contributed by atoms with Crippen molar-refractivity contribution >= 4 is 23.4 Å². The molecule has 0 bridgehead atoms. The molecule has 0 radical (unpaired) electrons. The molecule has 0 aromatic heterocycles. The Morgan fingerprint density at radius 1 is 1.17 bits per heavy atom. The maximum atomic E-state index is 12.7. The number of ether oxygens (including phenoxy) is 2. The summed E-state index contributed by atoms with van der Waals surface area (Å²) >= 11 is 5.79. The zero-order valence-electron chi connectivity index (χ0n) is 12.5. The molecule has 0 spiro atoms. The van der Waals surface area contributed by atoms with Gasteiger partial charge in [0.25, 0.3) is 0 Å². The predicted octanol–water partition coefficient (Wildman–Crippen LogP) is 5.12. The highest BCUT2D eigenvalue weighted by atomic mass is 35.5. The van der Waals surface area contributed by atoms with Crippen LogP contribution in [0.2, 0.25) is 5.02 Å². The third-order valence-corrected chi connectivity index (χ3v) is 3.39. The number of amides is 1. The molecule has 0 saturated heterocycles. The second-order valence-corrected chi connectivity index (χ2v) is 5.15. The van der Waals surface area contributed by atoms with Crippen LogP contribution in [0.25, 0.3) is 0 Å². The minimum Gasteiger partial charge on any atom is -0.497 e. The van der Waals surface area contributed by atoms with Crippen molar-refractivity contribution in [3.05, 3.63) is 58.6 Å². The van der Waals surface area contributed by atoms with E-state index in [4.69, 9.17) is 21.1 Å². The lowest BCUT2D eigenvalue weighted by Crippen LogP contribution is -2.15. The first-order valence-electron chi connectivity index (χ1n) is 6.73. The molecule has 24 heavy (non-hydrogen) atoms. The van der Waals surface area contributed by atoms with Gasteiger partial charge >= 0.3 is 12.3 Å². The van der Waals surface area contributed by atoms with Crippen LogP contribution < -0.4 is 10.1 Å². The highest BCUT2D eigenvalue weighted by Crippen LogP contribution is 2.33. The number of carbonyl (C=O) groups is 1.